The molecule has 1 rings (SSSR count). The van der Waals surface area contributed by atoms with Gasteiger partial charge in [0.2, 0.25) is 0 Å². The molecule has 14 heavy (non-hydrogen) atoms. The van der Waals surface area contributed by atoms with Crippen LogP contribution >= 0.6 is 0 Å². The number of carbonyl (C=O) groups excluding carboxylic acids is 1. The van der Waals surface area contributed by atoms with Crippen molar-refractivity contribution in [2.75, 3.05) is 0 Å². The second kappa shape index (κ2) is 4.79. The van der Waals surface area contributed by atoms with Gasteiger partial charge in [-0.15, -0.1) is 0 Å². The maximum Gasteiger partial charge on any atom is 0.269 e. The zero-order chi connectivity index (χ0) is 10.6. The first-order valence-corrected chi connectivity index (χ1v) is 5.05. The van der Waals surface area contributed by atoms with Gasteiger partial charge in [-0.3, -0.25) is 9.48 Å². The summed E-state index contributed by atoms with van der Waals surface area (Å²) in [6.07, 6.45) is 3.08. The molecule has 0 fully saturated rings. The number of nitrogens with two attached hydrogens (primary N) is 1. The summed E-state index contributed by atoms with van der Waals surface area (Å²) >= 11 is 0. The third kappa shape index (κ3) is 2.34. The second-order valence-electron chi connectivity index (χ2n) is 3.32. The van der Waals surface area contributed by atoms with Crippen LogP contribution in [0.2, 0.25) is 0 Å². The van der Waals surface area contributed by atoms with Crippen molar-refractivity contribution in [2.45, 2.75) is 39.7 Å². The minimum Gasteiger partial charge on any atom is -0.364 e. The third-order valence-corrected chi connectivity index (χ3v) is 2.20. The van der Waals surface area contributed by atoms with E-state index >= 15 is 0 Å². The summed E-state index contributed by atoms with van der Waals surface area (Å²) in [5.41, 5.74) is 6.61. The van der Waals surface area contributed by atoms with E-state index in [9.17, 15) is 4.79 Å². The Kier molecular flexibility index (Phi) is 3.68. The van der Waals surface area contributed by atoms with Crippen LogP contribution in [-0.4, -0.2) is 15.7 Å². The lowest BCUT2D eigenvalue weighted by molar-refractivity contribution is 0.0994. The normalized spacial score (nSPS) is 10.4. The molecule has 0 saturated heterocycles. The van der Waals surface area contributed by atoms with Gasteiger partial charge in [0.05, 0.1) is 0 Å². The highest BCUT2D eigenvalue weighted by molar-refractivity contribution is 5.90. The zero-order valence-electron chi connectivity index (χ0n) is 8.79. The van der Waals surface area contributed by atoms with Crippen LogP contribution in [0.5, 0.6) is 0 Å². The first-order chi connectivity index (χ1) is 6.69. The molecular weight excluding hydrogens is 178 g/mol. The minimum absolute atomic E-state index is 0.373. The summed E-state index contributed by atoms with van der Waals surface area (Å²) in [5, 5.41) is 4.16. The number of amides is 1. The van der Waals surface area contributed by atoms with E-state index in [-0.39, 0.29) is 0 Å². The van der Waals surface area contributed by atoms with Crippen molar-refractivity contribution in [1.29, 1.82) is 0 Å². The standard InChI is InChI=1S/C10H17N3O/c1-3-5-6-13-8(4-2)7-9(12-13)10(11)14/h7H,3-6H2,1-2H3,(H2,11,14). The second-order valence-corrected chi connectivity index (χ2v) is 3.32. The Bertz CT molecular complexity index is 317. The van der Waals surface area contributed by atoms with Crippen LogP contribution in [-0.2, 0) is 13.0 Å². The molecule has 78 valence electrons. The zero-order valence-corrected chi connectivity index (χ0v) is 8.79. The molecule has 0 aliphatic heterocycles. The molecule has 0 aliphatic carbocycles. The van der Waals surface area contributed by atoms with Crippen molar-refractivity contribution in [1.82, 2.24) is 9.78 Å². The number of hydrogen-bond donors (Lipinski definition) is 1. The Morgan fingerprint density at radius 3 is 2.79 bits per heavy atom. The number of aromatic nitrogens is 2. The van der Waals surface area contributed by atoms with Crippen LogP contribution in [0.1, 0.15) is 42.9 Å². The smallest absolute Gasteiger partial charge is 0.269 e. The summed E-state index contributed by atoms with van der Waals surface area (Å²) in [4.78, 5) is 10.9. The van der Waals surface area contributed by atoms with E-state index in [1.54, 1.807) is 6.07 Å². The number of carbonyl (C=O) groups is 1. The molecule has 1 heterocycles. The molecule has 1 aromatic rings. The SMILES string of the molecule is CCCCn1nc(C(N)=O)cc1CC. The van der Waals surface area contributed by atoms with Crippen molar-refractivity contribution in [3.63, 3.8) is 0 Å². The van der Waals surface area contributed by atoms with Crippen LogP contribution in [0, 0.1) is 0 Å². The molecule has 0 saturated carbocycles. The predicted octanol–water partition coefficient (Wildman–Crippen LogP) is 1.34. The van der Waals surface area contributed by atoms with Gasteiger partial charge >= 0.3 is 0 Å². The molecule has 0 aliphatic rings. The molecule has 2 N–H and O–H groups in total. The van der Waals surface area contributed by atoms with Crippen LogP contribution in [0.3, 0.4) is 0 Å². The molecule has 0 unspecified atom stereocenters. The summed E-state index contributed by atoms with van der Waals surface area (Å²) in [7, 11) is 0. The Balaban J connectivity index is 2.85. The van der Waals surface area contributed by atoms with Gasteiger partial charge in [-0.1, -0.05) is 20.3 Å². The van der Waals surface area contributed by atoms with Crippen LogP contribution < -0.4 is 5.73 Å². The molecule has 4 nitrogen and oxygen atoms in total. The Morgan fingerprint density at radius 2 is 2.29 bits per heavy atom. The average Bonchev–Trinajstić information content (AvgIpc) is 2.57. The quantitative estimate of drug-likeness (QED) is 0.770. The van der Waals surface area contributed by atoms with Crippen LogP contribution in [0.25, 0.3) is 0 Å². The number of hydrogen-bond acceptors (Lipinski definition) is 2. The first-order valence-electron chi connectivity index (χ1n) is 5.05. The maximum atomic E-state index is 10.9. The van der Waals surface area contributed by atoms with Gasteiger partial charge in [-0.05, 0) is 18.9 Å². The van der Waals surface area contributed by atoms with Gasteiger partial charge in [0.1, 0.15) is 5.69 Å². The number of nitrogens with zero attached hydrogens (tertiary/aromatic N) is 2. The average molecular weight is 195 g/mol. The van der Waals surface area contributed by atoms with Crippen LogP contribution in [0.4, 0.5) is 0 Å². The molecule has 0 atom stereocenters. The van der Waals surface area contributed by atoms with E-state index in [2.05, 4.69) is 12.0 Å². The van der Waals surface area contributed by atoms with Gasteiger partial charge < -0.3 is 5.73 Å². The summed E-state index contributed by atoms with van der Waals surface area (Å²) in [5.74, 6) is -0.449. The van der Waals surface area contributed by atoms with E-state index in [4.69, 9.17) is 5.73 Å². The van der Waals surface area contributed by atoms with Crippen molar-refractivity contribution in [3.8, 4) is 0 Å². The van der Waals surface area contributed by atoms with Crippen molar-refractivity contribution >= 4 is 5.91 Å². The number of aryl methyl sites for hydroxylation is 2. The minimum atomic E-state index is -0.449. The van der Waals surface area contributed by atoms with Gasteiger partial charge in [0.15, 0.2) is 0 Å². The number of unbranched alkanes of at least 4 members (excludes halogenated alkanes) is 1. The summed E-state index contributed by atoms with van der Waals surface area (Å²) in [6.45, 7) is 5.04. The molecule has 0 aromatic carbocycles. The van der Waals surface area contributed by atoms with E-state index in [1.165, 1.54) is 0 Å². The Hall–Kier alpha value is -1.32. The summed E-state index contributed by atoms with van der Waals surface area (Å²) < 4.78 is 1.88. The Morgan fingerprint density at radius 1 is 1.57 bits per heavy atom. The van der Waals surface area contributed by atoms with Crippen molar-refractivity contribution < 1.29 is 4.79 Å². The molecule has 0 spiro atoms. The fourth-order valence-electron chi connectivity index (χ4n) is 1.36. The highest BCUT2D eigenvalue weighted by Gasteiger charge is 2.09. The Labute approximate surface area is 84.1 Å². The predicted molar refractivity (Wildman–Crippen MR) is 55.0 cm³/mol. The lowest BCUT2D eigenvalue weighted by Gasteiger charge is -2.03. The van der Waals surface area contributed by atoms with Gasteiger partial charge in [0.25, 0.3) is 5.91 Å². The third-order valence-electron chi connectivity index (χ3n) is 2.20. The number of rotatable bonds is 5. The summed E-state index contributed by atoms with van der Waals surface area (Å²) in [6, 6.07) is 1.78. The topological polar surface area (TPSA) is 60.9 Å². The van der Waals surface area contributed by atoms with Gasteiger partial charge in [-0.25, -0.2) is 0 Å². The number of primary amides is 1. The van der Waals surface area contributed by atoms with Crippen molar-refractivity contribution in [3.05, 3.63) is 17.5 Å². The van der Waals surface area contributed by atoms with Crippen molar-refractivity contribution in [2.24, 2.45) is 5.73 Å². The monoisotopic (exact) mass is 195 g/mol. The van der Waals surface area contributed by atoms with Gasteiger partial charge in [-0.2, -0.15) is 5.10 Å². The fraction of sp³-hybridized carbons (Fsp3) is 0.600. The lowest BCUT2D eigenvalue weighted by Crippen LogP contribution is -2.12. The molecule has 1 amide bonds. The van der Waals surface area contributed by atoms with E-state index < -0.39 is 5.91 Å². The highest BCUT2D eigenvalue weighted by Crippen LogP contribution is 2.06. The molecular formula is C10H17N3O. The van der Waals surface area contributed by atoms with Crippen LogP contribution in [0.15, 0.2) is 6.07 Å². The first kappa shape index (κ1) is 10.8. The molecule has 0 bridgehead atoms. The lowest BCUT2D eigenvalue weighted by atomic mass is 10.3. The maximum absolute atomic E-state index is 10.9. The van der Waals surface area contributed by atoms with E-state index in [1.807, 2.05) is 11.6 Å². The molecule has 1 aromatic heterocycles. The largest absolute Gasteiger partial charge is 0.364 e. The highest BCUT2D eigenvalue weighted by atomic mass is 16.1. The van der Waals surface area contributed by atoms with E-state index in [0.717, 1.165) is 31.5 Å². The van der Waals surface area contributed by atoms with Gasteiger partial charge in [0, 0.05) is 12.2 Å². The molecule has 0 radical (unpaired) electrons. The fourth-order valence-corrected chi connectivity index (χ4v) is 1.36. The van der Waals surface area contributed by atoms with E-state index in [0.29, 0.717) is 5.69 Å². The molecule has 4 heteroatoms.